The number of H-pyrrole nitrogens is 1. The fraction of sp³-hybridized carbons (Fsp3) is 0.606. The number of phosphoric acid groups is 6. The smallest absolute Gasteiger partial charge is 0.390 e. The number of nitrogens with two attached hydrogens (primary N) is 1. The first-order valence-electron chi connectivity index (χ1n) is 39.6. The van der Waals surface area contributed by atoms with Gasteiger partial charge in [-0.05, 0) is 146 Å². The first-order valence-corrected chi connectivity index (χ1v) is 54.6. The zero-order valence-corrected chi connectivity index (χ0v) is 77.7. The number of nitrogens with zero attached hydrogens (tertiary/aromatic N) is 10. The molecule has 0 bridgehead atoms. The number of aryl methyl sites for hydroxylation is 2. The lowest BCUT2D eigenvalue weighted by Gasteiger charge is -2.34. The van der Waals surface area contributed by atoms with E-state index in [0.717, 1.165) is 12.4 Å². The molecule has 3 aliphatic rings. The van der Waals surface area contributed by atoms with Gasteiger partial charge in [-0.25, -0.2) is 32.4 Å². The maximum atomic E-state index is 13.4. The van der Waals surface area contributed by atoms with Crippen LogP contribution in [-0.2, 0) is 118 Å². The molecule has 6 unspecified atom stereocenters. The van der Waals surface area contributed by atoms with Crippen LogP contribution in [0.4, 0.5) is 23.5 Å². The number of nitrogen functional groups attached to an aromatic ring is 1. The number of carbonyl (C=O) groups excluding carboxylic acids is 3. The zero-order chi connectivity index (χ0) is 94.6. The van der Waals surface area contributed by atoms with E-state index in [-0.39, 0.29) is 116 Å². The van der Waals surface area contributed by atoms with Gasteiger partial charge >= 0.3 is 46.9 Å². The predicted molar refractivity (Wildman–Crippen MR) is 455 cm³/mol. The van der Waals surface area contributed by atoms with Gasteiger partial charge in [-0.15, -0.1) is 0 Å². The molecule has 8 rings (SSSR count). The van der Waals surface area contributed by atoms with Crippen molar-refractivity contribution >= 4 is 156 Å². The van der Waals surface area contributed by atoms with Crippen LogP contribution >= 0.6 is 46.9 Å². The average molecular weight is 2010 g/mol. The number of imidazole rings is 1. The lowest BCUT2D eigenvalue weighted by molar-refractivity contribution is -0.125. The second kappa shape index (κ2) is 46.3. The molecule has 3 saturated heterocycles. The first kappa shape index (κ1) is 107. The molecule has 0 spiro atoms. The highest BCUT2D eigenvalue weighted by Crippen LogP contribution is 2.75. The number of unbranched alkanes of at least 4 members (excludes halogenated alkanes) is 7. The molecule has 3 amide bonds. The molecule has 5 aromatic rings. The van der Waals surface area contributed by atoms with Crippen molar-refractivity contribution in [1.29, 1.82) is 0 Å². The van der Waals surface area contributed by atoms with Gasteiger partial charge in [0.15, 0.2) is 11.2 Å². The first-order chi connectivity index (χ1) is 59.5. The monoisotopic (exact) mass is 2010 g/mol. The molecule has 0 saturated carbocycles. The van der Waals surface area contributed by atoms with Crippen LogP contribution in [0.3, 0.4) is 0 Å². The third kappa shape index (κ3) is 35.3. The summed E-state index contributed by atoms with van der Waals surface area (Å²) in [6.07, 6.45) is 8.65. The van der Waals surface area contributed by atoms with Crippen molar-refractivity contribution in [2.45, 2.75) is 183 Å². The fourth-order valence-corrected chi connectivity index (χ4v) is 23.8. The molecule has 718 valence electrons. The van der Waals surface area contributed by atoms with Gasteiger partial charge in [-0.3, -0.25) is 61.0 Å². The quantitative estimate of drug-likeness (QED) is 0.00720. The summed E-state index contributed by atoms with van der Waals surface area (Å²) in [5.41, 5.74) is 6.35. The Morgan fingerprint density at radius 2 is 1.20 bits per heavy atom. The van der Waals surface area contributed by atoms with Gasteiger partial charge in [0, 0.05) is 106 Å². The van der Waals surface area contributed by atoms with Crippen molar-refractivity contribution in [3.8, 4) is 0 Å². The molecule has 6 heterocycles. The predicted octanol–water partition coefficient (Wildman–Crippen LogP) is 5.79. The maximum Gasteiger partial charge on any atom is 0.490 e. The number of aliphatic hydroxyl groups is 1. The summed E-state index contributed by atoms with van der Waals surface area (Å²) >= 11 is 0. The number of aliphatic imine (C=N–C) groups is 1. The minimum absolute atomic E-state index is 0.0157. The van der Waals surface area contributed by atoms with Crippen LogP contribution in [0.25, 0.3) is 21.9 Å². The van der Waals surface area contributed by atoms with E-state index in [2.05, 4.69) is 76.5 Å². The highest BCUT2D eigenvalue weighted by atomic mass is 32.2. The van der Waals surface area contributed by atoms with Crippen LogP contribution < -0.4 is 41.9 Å². The van der Waals surface area contributed by atoms with Gasteiger partial charge in [0.1, 0.15) is 23.1 Å². The summed E-state index contributed by atoms with van der Waals surface area (Å²) in [6.45, 7) is 6.35. The van der Waals surface area contributed by atoms with Gasteiger partial charge in [0.05, 0.1) is 42.0 Å². The zero-order valence-electron chi connectivity index (χ0n) is 69.0. The summed E-state index contributed by atoms with van der Waals surface area (Å²) in [4.78, 5) is 144. The van der Waals surface area contributed by atoms with E-state index in [1.54, 1.807) is 45.1 Å². The van der Waals surface area contributed by atoms with E-state index in [4.69, 9.17) is 15.5 Å². The van der Waals surface area contributed by atoms with Crippen molar-refractivity contribution < 1.29 is 163 Å². The standard InChI is InChI=1S/C66H103N15O37P6S4/c1-44(17-14-18-48(19-15-37-125(99,100)101)68-30-16-38-126(102,103)104)80(53-23-22-51-52(45(53)2)39-50(127(105,106)107)40-56(51)128(108,109)110)31-12-7-9-21-58(84)74-49-26-34-79(35-27-49)66-73-46(3)72-65(77-66)78-32-24-47(25-33-78)62(85)70-29-11-6-8-20-57(83)69-28-10-4-5-13-36-111-119(87,88)114-121(91,92)116-123(95,96)118-124(97,98)117-122(93,94)115-120(89,90)112-42-55-54(82)41-59(113-55)81-43-71-60-61(81)75-64(67)76-63(60)86/h14,17-18,22-23,39-40,43,47,49,54-55,59,82H,4-13,15-16,19-21,24-38,41-42H2,1-3H3,(H,69,83)(H,70,85)(H,74,84)(H,87,88)(H,89,90)(H,91,92)(H,93,94)(H,95,96)(H,97,98)(H,99,100,101)(H,102,103,104)(H,105,106,107)(H,108,109,110)(H3,67,75,76,86)/b18-14+,44-17+,68-48+/t54-,55-,59-/m1/s1. The number of hydrogen-bond donors (Lipinski definition) is 16. The number of rotatable bonds is 52. The van der Waals surface area contributed by atoms with Gasteiger partial charge in [-0.1, -0.05) is 37.8 Å². The SMILES string of the molecule is C\C(=C/C=C/C(CCCS(=O)(=O)O)=N\CCCS(=O)(=O)O)N(CCCCCC(=O)NC1CCN(c2nc(C)nc(N3CCC(C(=O)NCCCCCC(=O)NCCCCCCOP(=O)(O)OP(=O)(O)OP(=O)(O)OP(=O)(O)OP(=O)(O)OP(=O)(O)OC[C@H]4O[C@@H](n5cnc6c(=O)[nH]c(N)nc65)C[C@H]4O)CC3)n2)CC1)c1ccc2c(S(=O)(=O)O)cc(S(=O)(=O)O)cc2c1C. The number of carbonyl (C=O) groups is 3. The fourth-order valence-electron chi connectivity index (χ4n) is 13.6. The van der Waals surface area contributed by atoms with Crippen molar-refractivity contribution in [1.82, 2.24) is 50.4 Å². The van der Waals surface area contributed by atoms with Crippen LogP contribution in [0.15, 0.2) is 74.1 Å². The van der Waals surface area contributed by atoms with Crippen molar-refractivity contribution in [2.24, 2.45) is 10.9 Å². The highest BCUT2D eigenvalue weighted by Gasteiger charge is 2.50. The summed E-state index contributed by atoms with van der Waals surface area (Å²) < 4.78 is 243. The molecule has 0 radical (unpaired) electrons. The second-order valence-corrected chi connectivity index (χ2v) is 45.1. The van der Waals surface area contributed by atoms with E-state index in [9.17, 15) is 133 Å². The Balaban J connectivity index is 0.673. The topological polar surface area (TPSA) is 773 Å². The number of nitrogens with one attached hydrogen (secondary N) is 4. The van der Waals surface area contributed by atoms with Crippen LogP contribution in [0.5, 0.6) is 0 Å². The number of piperidine rings is 2. The average Bonchev–Trinajstić information content (AvgIpc) is 1.13. The van der Waals surface area contributed by atoms with Crippen molar-refractivity contribution in [2.75, 3.05) is 97.5 Å². The van der Waals surface area contributed by atoms with E-state index in [1.165, 1.54) is 10.6 Å². The van der Waals surface area contributed by atoms with Crippen LogP contribution in [-0.4, -0.2) is 240 Å². The maximum absolute atomic E-state index is 13.4. The largest absolute Gasteiger partial charge is 0.490 e. The van der Waals surface area contributed by atoms with Crippen LogP contribution in [0.2, 0.25) is 0 Å². The number of phosphoric ester groups is 2. The van der Waals surface area contributed by atoms with Gasteiger partial charge in [-0.2, -0.15) is 75.2 Å². The Bertz CT molecular complexity index is 5750. The van der Waals surface area contributed by atoms with Gasteiger partial charge < -0.3 is 75.6 Å². The number of anilines is 4. The lowest BCUT2D eigenvalue weighted by Crippen LogP contribution is -2.45. The Labute approximate surface area is 734 Å². The number of hydrogen-bond acceptors (Lipinski definition) is 37. The lowest BCUT2D eigenvalue weighted by atomic mass is 9.96. The van der Waals surface area contributed by atoms with Gasteiger partial charge in [0.25, 0.3) is 46.0 Å². The summed E-state index contributed by atoms with van der Waals surface area (Å²) in [6, 6.07) is 4.54. The summed E-state index contributed by atoms with van der Waals surface area (Å²) in [5.74, 6) is -0.734. The molecule has 52 nitrogen and oxygen atoms in total. The van der Waals surface area contributed by atoms with Crippen molar-refractivity contribution in [3.05, 3.63) is 76.3 Å². The summed E-state index contributed by atoms with van der Waals surface area (Å²) in [5, 5.41) is 19.4. The molecule has 3 fully saturated rings. The van der Waals surface area contributed by atoms with E-state index in [1.807, 2.05) is 14.7 Å². The van der Waals surface area contributed by atoms with Crippen LogP contribution in [0, 0.1) is 19.8 Å². The number of aromatic nitrogens is 7. The molecule has 2 aromatic carbocycles. The molecule has 62 heteroatoms. The Kier molecular flexibility index (Phi) is 38.5. The molecule has 0 aliphatic carbocycles. The number of benzene rings is 2. The molecule has 3 aliphatic heterocycles. The van der Waals surface area contributed by atoms with E-state index < -0.39 is 146 Å². The second-order valence-electron chi connectivity index (χ2n) is 29.7. The van der Waals surface area contributed by atoms with E-state index in [0.29, 0.717) is 169 Å². The molecule has 128 heavy (non-hydrogen) atoms. The number of fused-ring (bicyclic) bond motifs is 2. The minimum Gasteiger partial charge on any atom is -0.390 e. The van der Waals surface area contributed by atoms with Crippen molar-refractivity contribution in [3.63, 3.8) is 0 Å². The third-order valence-electron chi connectivity index (χ3n) is 19.7. The number of allylic oxidation sites excluding steroid dienone is 4. The van der Waals surface area contributed by atoms with E-state index >= 15 is 0 Å². The molecular weight excluding hydrogens is 1910 g/mol. The van der Waals surface area contributed by atoms with Gasteiger partial charge in [0.2, 0.25) is 35.6 Å². The number of amides is 3. The molecular formula is C66H103N15O37P6S4. The van der Waals surface area contributed by atoms with Crippen LogP contribution in [0.1, 0.15) is 153 Å². The normalized spacial score (nSPS) is 19.7. The Hall–Kier alpha value is -6.76. The Morgan fingerprint density at radius 1 is 0.648 bits per heavy atom. The Morgan fingerprint density at radius 3 is 1.79 bits per heavy atom. The molecule has 9 atom stereocenters. The molecule has 3 aromatic heterocycles. The number of aromatic amines is 1. The summed E-state index contributed by atoms with van der Waals surface area (Å²) in [7, 11) is -55.9. The molecule has 17 N–H and O–H groups in total. The number of ether oxygens (including phenoxy) is 1. The number of aliphatic hydroxyl groups excluding tert-OH is 1. The minimum atomic E-state index is -6.55. The third-order valence-corrected chi connectivity index (χ3v) is 32.2. The highest BCUT2D eigenvalue weighted by molar-refractivity contribution is 7.87.